The first-order valence-electron chi connectivity index (χ1n) is 6.50. The smallest absolute Gasteiger partial charge is 0.258 e. The number of hydrogen-bond donors (Lipinski definition) is 2. The van der Waals surface area contributed by atoms with E-state index in [-0.39, 0.29) is 10.5 Å². The van der Waals surface area contributed by atoms with Gasteiger partial charge in [-0.1, -0.05) is 24.3 Å². The number of para-hydroxylation sites is 1. The van der Waals surface area contributed by atoms with Gasteiger partial charge in [-0.25, -0.2) is 8.42 Å². The molecule has 0 bridgehead atoms. The topological polar surface area (TPSA) is 91.9 Å². The summed E-state index contributed by atoms with van der Waals surface area (Å²) in [6, 6.07) is 13.4. The average molecular weight is 315 g/mol. The molecule has 0 aliphatic heterocycles. The van der Waals surface area contributed by atoms with Crippen LogP contribution in [0.2, 0.25) is 0 Å². The van der Waals surface area contributed by atoms with Gasteiger partial charge < -0.3 is 5.32 Å². The van der Waals surface area contributed by atoms with E-state index in [0.29, 0.717) is 5.82 Å². The van der Waals surface area contributed by atoms with Gasteiger partial charge >= 0.3 is 0 Å². The summed E-state index contributed by atoms with van der Waals surface area (Å²) in [6.07, 6.45) is 1.07. The number of rotatable bonds is 3. The molecule has 0 aliphatic carbocycles. The van der Waals surface area contributed by atoms with E-state index in [0.717, 1.165) is 17.2 Å². The van der Waals surface area contributed by atoms with Crippen molar-refractivity contribution in [3.63, 3.8) is 0 Å². The number of carbonyl (C=O) groups excluding carboxylic acids is 1. The SMILES string of the molecule is CS(=O)(=O)c1ccccc1C(=O)Nc1n[nH]c2ccccc12. The van der Waals surface area contributed by atoms with Crippen molar-refractivity contribution in [2.75, 3.05) is 11.6 Å². The highest BCUT2D eigenvalue weighted by atomic mass is 32.2. The number of nitrogens with one attached hydrogen (secondary N) is 2. The van der Waals surface area contributed by atoms with Gasteiger partial charge in [0.1, 0.15) is 0 Å². The monoisotopic (exact) mass is 315 g/mol. The molecule has 3 aromatic rings. The lowest BCUT2D eigenvalue weighted by Gasteiger charge is -2.07. The van der Waals surface area contributed by atoms with Crippen molar-refractivity contribution in [1.82, 2.24) is 10.2 Å². The number of benzene rings is 2. The zero-order valence-corrected chi connectivity index (χ0v) is 12.5. The first-order valence-corrected chi connectivity index (χ1v) is 8.39. The van der Waals surface area contributed by atoms with E-state index in [1.54, 1.807) is 12.1 Å². The zero-order chi connectivity index (χ0) is 15.7. The fourth-order valence-electron chi connectivity index (χ4n) is 2.21. The number of H-pyrrole nitrogens is 1. The molecule has 0 saturated heterocycles. The van der Waals surface area contributed by atoms with Crippen molar-refractivity contribution in [2.24, 2.45) is 0 Å². The molecule has 0 aliphatic rings. The highest BCUT2D eigenvalue weighted by molar-refractivity contribution is 7.90. The number of aromatic nitrogens is 2. The number of carbonyl (C=O) groups is 1. The molecular formula is C15H13N3O3S. The van der Waals surface area contributed by atoms with Gasteiger partial charge in [-0.2, -0.15) is 5.10 Å². The predicted molar refractivity (Wildman–Crippen MR) is 83.6 cm³/mol. The zero-order valence-electron chi connectivity index (χ0n) is 11.7. The molecule has 0 unspecified atom stereocenters. The van der Waals surface area contributed by atoms with E-state index in [1.807, 2.05) is 24.3 Å². The lowest BCUT2D eigenvalue weighted by molar-refractivity contribution is 0.102. The van der Waals surface area contributed by atoms with Crippen LogP contribution >= 0.6 is 0 Å². The second-order valence-electron chi connectivity index (χ2n) is 4.84. The van der Waals surface area contributed by atoms with Gasteiger partial charge in [-0.05, 0) is 24.3 Å². The van der Waals surface area contributed by atoms with Crippen LogP contribution in [-0.4, -0.2) is 30.8 Å². The molecule has 6 nitrogen and oxygen atoms in total. The van der Waals surface area contributed by atoms with Crippen LogP contribution < -0.4 is 5.32 Å². The molecule has 0 fully saturated rings. The maximum Gasteiger partial charge on any atom is 0.258 e. The third-order valence-corrected chi connectivity index (χ3v) is 4.39. The van der Waals surface area contributed by atoms with Gasteiger partial charge in [0.2, 0.25) is 0 Å². The molecule has 22 heavy (non-hydrogen) atoms. The highest BCUT2D eigenvalue weighted by Crippen LogP contribution is 2.22. The Morgan fingerprint density at radius 2 is 1.77 bits per heavy atom. The molecule has 1 amide bonds. The molecule has 0 saturated carbocycles. The first kappa shape index (κ1) is 14.3. The minimum Gasteiger partial charge on any atom is -0.305 e. The lowest BCUT2D eigenvalue weighted by Crippen LogP contribution is -2.16. The largest absolute Gasteiger partial charge is 0.305 e. The summed E-state index contributed by atoms with van der Waals surface area (Å²) in [5.74, 6) is -0.151. The van der Waals surface area contributed by atoms with Crippen LogP contribution in [0.15, 0.2) is 53.4 Å². The van der Waals surface area contributed by atoms with Crippen molar-refractivity contribution in [3.8, 4) is 0 Å². The van der Waals surface area contributed by atoms with Gasteiger partial charge in [0, 0.05) is 11.6 Å². The molecule has 2 aromatic carbocycles. The van der Waals surface area contributed by atoms with E-state index in [1.165, 1.54) is 12.1 Å². The highest BCUT2D eigenvalue weighted by Gasteiger charge is 2.19. The van der Waals surface area contributed by atoms with E-state index in [9.17, 15) is 13.2 Å². The van der Waals surface area contributed by atoms with Crippen molar-refractivity contribution in [1.29, 1.82) is 0 Å². The Bertz CT molecular complexity index is 961. The van der Waals surface area contributed by atoms with Gasteiger partial charge in [0.05, 0.1) is 16.0 Å². The molecular weight excluding hydrogens is 302 g/mol. The Labute approximate surface area is 127 Å². The number of fused-ring (bicyclic) bond motifs is 1. The number of anilines is 1. The van der Waals surface area contributed by atoms with E-state index < -0.39 is 15.7 Å². The maximum atomic E-state index is 12.4. The Kier molecular flexibility index (Phi) is 3.42. The molecule has 7 heteroatoms. The fraction of sp³-hybridized carbons (Fsp3) is 0.0667. The molecule has 0 atom stereocenters. The molecule has 3 rings (SSSR count). The third-order valence-electron chi connectivity index (χ3n) is 3.23. The predicted octanol–water partition coefficient (Wildman–Crippen LogP) is 2.22. The second-order valence-corrected chi connectivity index (χ2v) is 6.82. The summed E-state index contributed by atoms with van der Waals surface area (Å²) in [5, 5.41) is 10.3. The first-order chi connectivity index (χ1) is 10.5. The number of amides is 1. The summed E-state index contributed by atoms with van der Waals surface area (Å²) >= 11 is 0. The van der Waals surface area contributed by atoms with Crippen LogP contribution in [0, 0.1) is 0 Å². The van der Waals surface area contributed by atoms with E-state index >= 15 is 0 Å². The summed E-state index contributed by atoms with van der Waals surface area (Å²) in [6.45, 7) is 0. The third kappa shape index (κ3) is 2.58. The molecule has 0 radical (unpaired) electrons. The summed E-state index contributed by atoms with van der Waals surface area (Å²) in [5.41, 5.74) is 0.881. The summed E-state index contributed by atoms with van der Waals surface area (Å²) < 4.78 is 23.5. The van der Waals surface area contributed by atoms with Crippen LogP contribution in [0.5, 0.6) is 0 Å². The number of sulfone groups is 1. The van der Waals surface area contributed by atoms with E-state index in [2.05, 4.69) is 15.5 Å². The number of aromatic amines is 1. The minimum absolute atomic E-state index is 0.00709. The fourth-order valence-corrected chi connectivity index (χ4v) is 3.10. The van der Waals surface area contributed by atoms with Crippen LogP contribution in [0.1, 0.15) is 10.4 Å². The standard InChI is InChI=1S/C15H13N3O3S/c1-22(20,21)13-9-5-3-7-11(13)15(19)16-14-10-6-2-4-8-12(10)17-18-14/h2-9H,1H3,(H2,16,17,18,19). The van der Waals surface area contributed by atoms with E-state index in [4.69, 9.17) is 0 Å². The van der Waals surface area contributed by atoms with Crippen LogP contribution in [0.25, 0.3) is 10.9 Å². The Balaban J connectivity index is 2.00. The molecule has 112 valence electrons. The second kappa shape index (κ2) is 5.27. The van der Waals surface area contributed by atoms with Gasteiger partial charge in [0.15, 0.2) is 15.7 Å². The number of nitrogens with zero attached hydrogens (tertiary/aromatic N) is 1. The van der Waals surface area contributed by atoms with Crippen LogP contribution in [0.4, 0.5) is 5.82 Å². The molecule has 0 spiro atoms. The van der Waals surface area contributed by atoms with Crippen molar-refractivity contribution < 1.29 is 13.2 Å². The normalized spacial score (nSPS) is 11.5. The van der Waals surface area contributed by atoms with Crippen LogP contribution in [-0.2, 0) is 9.84 Å². The van der Waals surface area contributed by atoms with Crippen LogP contribution in [0.3, 0.4) is 0 Å². The lowest BCUT2D eigenvalue weighted by atomic mass is 10.2. The summed E-state index contributed by atoms with van der Waals surface area (Å²) in [7, 11) is -3.49. The molecule has 1 aromatic heterocycles. The van der Waals surface area contributed by atoms with Crippen molar-refractivity contribution in [2.45, 2.75) is 4.90 Å². The average Bonchev–Trinajstić information content (AvgIpc) is 2.90. The minimum atomic E-state index is -3.49. The van der Waals surface area contributed by atoms with Crippen molar-refractivity contribution in [3.05, 3.63) is 54.1 Å². The van der Waals surface area contributed by atoms with Gasteiger partial charge in [0.25, 0.3) is 5.91 Å². The molecule has 1 heterocycles. The number of hydrogen-bond acceptors (Lipinski definition) is 4. The van der Waals surface area contributed by atoms with Gasteiger partial charge in [-0.3, -0.25) is 9.89 Å². The maximum absolute atomic E-state index is 12.4. The summed E-state index contributed by atoms with van der Waals surface area (Å²) in [4.78, 5) is 12.4. The Morgan fingerprint density at radius 1 is 1.09 bits per heavy atom. The quantitative estimate of drug-likeness (QED) is 0.775. The Morgan fingerprint density at radius 3 is 2.55 bits per heavy atom. The molecule has 2 N–H and O–H groups in total. The van der Waals surface area contributed by atoms with Crippen molar-refractivity contribution >= 4 is 32.5 Å². The van der Waals surface area contributed by atoms with Gasteiger partial charge in [-0.15, -0.1) is 0 Å². The Hall–Kier alpha value is -2.67.